The molecule has 98 valence electrons. The zero-order valence-electron chi connectivity index (χ0n) is 10.4. The number of halogens is 1. The van der Waals surface area contributed by atoms with Gasteiger partial charge in [0.15, 0.2) is 5.78 Å². The summed E-state index contributed by atoms with van der Waals surface area (Å²) in [5.74, 6) is 0.0236. The summed E-state index contributed by atoms with van der Waals surface area (Å²) < 4.78 is 0.965. The normalized spacial score (nSPS) is 11.2. The second-order valence-corrected chi connectivity index (χ2v) is 6.75. The zero-order chi connectivity index (χ0) is 13.9. The van der Waals surface area contributed by atoms with Crippen molar-refractivity contribution in [2.24, 2.45) is 0 Å². The van der Waals surface area contributed by atoms with Crippen molar-refractivity contribution in [3.63, 3.8) is 0 Å². The van der Waals surface area contributed by atoms with E-state index in [9.17, 15) is 4.79 Å². The number of rotatable bonds is 3. The van der Waals surface area contributed by atoms with Crippen molar-refractivity contribution in [2.75, 3.05) is 0 Å². The molecule has 3 aromatic rings. The van der Waals surface area contributed by atoms with Crippen LogP contribution in [0.4, 0.5) is 0 Å². The van der Waals surface area contributed by atoms with Crippen LogP contribution < -0.4 is 0 Å². The SMILES string of the molecule is O=C(/C=C/c1ccc2cnccc2c1)c1ccc(Br)s1. The van der Waals surface area contributed by atoms with Crippen LogP contribution in [0.3, 0.4) is 0 Å². The summed E-state index contributed by atoms with van der Waals surface area (Å²) >= 11 is 4.80. The van der Waals surface area contributed by atoms with Gasteiger partial charge in [-0.15, -0.1) is 11.3 Å². The molecular weight excluding hydrogens is 334 g/mol. The maximum absolute atomic E-state index is 12.0. The Morgan fingerprint density at radius 2 is 2.05 bits per heavy atom. The molecule has 0 atom stereocenters. The van der Waals surface area contributed by atoms with Gasteiger partial charge in [-0.05, 0) is 57.2 Å². The van der Waals surface area contributed by atoms with Crippen molar-refractivity contribution in [1.29, 1.82) is 0 Å². The number of allylic oxidation sites excluding steroid dienone is 1. The average molecular weight is 344 g/mol. The van der Waals surface area contributed by atoms with E-state index in [4.69, 9.17) is 0 Å². The predicted molar refractivity (Wildman–Crippen MR) is 87.1 cm³/mol. The minimum atomic E-state index is 0.0236. The Kier molecular flexibility index (Phi) is 3.76. The molecule has 0 bridgehead atoms. The van der Waals surface area contributed by atoms with Crippen molar-refractivity contribution >= 4 is 49.9 Å². The van der Waals surface area contributed by atoms with E-state index in [1.807, 2.05) is 48.7 Å². The third kappa shape index (κ3) is 2.86. The molecular formula is C16H10BrNOS. The molecule has 0 unspecified atom stereocenters. The number of benzene rings is 1. The van der Waals surface area contributed by atoms with Crippen LogP contribution in [-0.4, -0.2) is 10.8 Å². The summed E-state index contributed by atoms with van der Waals surface area (Å²) in [6.07, 6.45) is 7.05. The van der Waals surface area contributed by atoms with E-state index in [0.29, 0.717) is 0 Å². The molecule has 2 nitrogen and oxygen atoms in total. The lowest BCUT2D eigenvalue weighted by molar-refractivity contribution is 0.105. The fourth-order valence-electron chi connectivity index (χ4n) is 1.91. The fraction of sp³-hybridized carbons (Fsp3) is 0. The lowest BCUT2D eigenvalue weighted by atomic mass is 10.1. The van der Waals surface area contributed by atoms with Gasteiger partial charge in [-0.1, -0.05) is 18.2 Å². The van der Waals surface area contributed by atoms with Crippen molar-refractivity contribution < 1.29 is 4.79 Å². The van der Waals surface area contributed by atoms with Gasteiger partial charge in [-0.3, -0.25) is 9.78 Å². The fourth-order valence-corrected chi connectivity index (χ4v) is 3.21. The molecule has 0 saturated heterocycles. The van der Waals surface area contributed by atoms with Gasteiger partial charge >= 0.3 is 0 Å². The van der Waals surface area contributed by atoms with Gasteiger partial charge in [0.05, 0.1) is 8.66 Å². The first-order valence-corrected chi connectivity index (χ1v) is 7.65. The number of carbonyl (C=O) groups is 1. The second-order valence-electron chi connectivity index (χ2n) is 4.28. The largest absolute Gasteiger partial charge is 0.288 e. The summed E-state index contributed by atoms with van der Waals surface area (Å²) in [6, 6.07) is 11.7. The first kappa shape index (κ1) is 13.2. The van der Waals surface area contributed by atoms with Crippen LogP contribution in [0.5, 0.6) is 0 Å². The Balaban J connectivity index is 1.85. The first-order valence-electron chi connectivity index (χ1n) is 6.04. The van der Waals surface area contributed by atoms with Gasteiger partial charge in [0.2, 0.25) is 0 Å². The smallest absolute Gasteiger partial charge is 0.195 e. The van der Waals surface area contributed by atoms with Crippen molar-refractivity contribution in [2.45, 2.75) is 0 Å². The monoisotopic (exact) mass is 343 g/mol. The van der Waals surface area contributed by atoms with Gasteiger partial charge in [-0.25, -0.2) is 0 Å². The number of aromatic nitrogens is 1. The highest BCUT2D eigenvalue weighted by Crippen LogP contribution is 2.23. The van der Waals surface area contributed by atoms with Gasteiger partial charge in [0.1, 0.15) is 0 Å². The van der Waals surface area contributed by atoms with E-state index in [2.05, 4.69) is 20.9 Å². The van der Waals surface area contributed by atoms with E-state index in [-0.39, 0.29) is 5.78 Å². The molecule has 0 aliphatic heterocycles. The highest BCUT2D eigenvalue weighted by Gasteiger charge is 2.04. The third-order valence-electron chi connectivity index (χ3n) is 2.91. The van der Waals surface area contributed by atoms with Crippen molar-refractivity contribution in [3.05, 3.63) is 69.1 Å². The van der Waals surface area contributed by atoms with E-state index in [0.717, 1.165) is 25.0 Å². The maximum Gasteiger partial charge on any atom is 0.195 e. The van der Waals surface area contributed by atoms with Gasteiger partial charge < -0.3 is 0 Å². The Hall–Kier alpha value is -1.78. The molecule has 0 N–H and O–H groups in total. The van der Waals surface area contributed by atoms with Crippen LogP contribution in [0.25, 0.3) is 16.8 Å². The predicted octanol–water partition coefficient (Wildman–Crippen LogP) is 4.95. The molecule has 0 spiro atoms. The summed E-state index contributed by atoms with van der Waals surface area (Å²) in [5.41, 5.74) is 1.01. The van der Waals surface area contributed by atoms with E-state index >= 15 is 0 Å². The van der Waals surface area contributed by atoms with E-state index in [1.165, 1.54) is 11.3 Å². The molecule has 0 fully saturated rings. The standard InChI is InChI=1S/C16H10BrNOS/c17-16-6-5-15(20-16)14(19)4-2-11-1-3-13-10-18-8-7-12(13)9-11/h1-10H/b4-2+. The maximum atomic E-state index is 12.0. The number of thiophene rings is 1. The lowest BCUT2D eigenvalue weighted by Crippen LogP contribution is -1.88. The first-order chi connectivity index (χ1) is 9.72. The number of pyridine rings is 1. The third-order valence-corrected chi connectivity index (χ3v) is 4.55. The second kappa shape index (κ2) is 5.69. The van der Waals surface area contributed by atoms with E-state index in [1.54, 1.807) is 12.3 Å². The number of carbonyl (C=O) groups excluding carboxylic acids is 1. The summed E-state index contributed by atoms with van der Waals surface area (Å²) in [5, 5.41) is 2.21. The number of nitrogens with zero attached hydrogens (tertiary/aromatic N) is 1. The molecule has 2 aromatic heterocycles. The molecule has 0 radical (unpaired) electrons. The van der Waals surface area contributed by atoms with Crippen molar-refractivity contribution in [3.8, 4) is 0 Å². The molecule has 1 aromatic carbocycles. The van der Waals surface area contributed by atoms with Crippen LogP contribution in [0.1, 0.15) is 15.2 Å². The topological polar surface area (TPSA) is 30.0 Å². The summed E-state index contributed by atoms with van der Waals surface area (Å²) in [7, 11) is 0. The Morgan fingerprint density at radius 3 is 2.85 bits per heavy atom. The Bertz CT molecular complexity index is 807. The molecule has 20 heavy (non-hydrogen) atoms. The molecule has 0 aliphatic rings. The number of hydrogen-bond acceptors (Lipinski definition) is 3. The molecule has 0 amide bonds. The molecule has 3 rings (SSSR count). The van der Waals surface area contributed by atoms with Crippen LogP contribution >= 0.6 is 27.3 Å². The molecule has 2 heterocycles. The minimum absolute atomic E-state index is 0.0236. The molecule has 0 saturated carbocycles. The highest BCUT2D eigenvalue weighted by molar-refractivity contribution is 9.11. The zero-order valence-corrected chi connectivity index (χ0v) is 12.8. The van der Waals surface area contributed by atoms with Crippen LogP contribution in [0, 0.1) is 0 Å². The molecule has 0 aliphatic carbocycles. The number of fused-ring (bicyclic) bond motifs is 1. The average Bonchev–Trinajstić information content (AvgIpc) is 2.91. The Labute approximate surface area is 128 Å². The van der Waals surface area contributed by atoms with Gasteiger partial charge in [-0.2, -0.15) is 0 Å². The van der Waals surface area contributed by atoms with Crippen LogP contribution in [0.15, 0.2) is 58.7 Å². The quantitative estimate of drug-likeness (QED) is 0.497. The summed E-state index contributed by atoms with van der Waals surface area (Å²) in [4.78, 5) is 16.8. The molecule has 4 heteroatoms. The lowest BCUT2D eigenvalue weighted by Gasteiger charge is -1.98. The minimum Gasteiger partial charge on any atom is -0.288 e. The van der Waals surface area contributed by atoms with Gasteiger partial charge in [0.25, 0.3) is 0 Å². The number of hydrogen-bond donors (Lipinski definition) is 0. The van der Waals surface area contributed by atoms with Crippen molar-refractivity contribution in [1.82, 2.24) is 4.98 Å². The van der Waals surface area contributed by atoms with Crippen LogP contribution in [-0.2, 0) is 0 Å². The summed E-state index contributed by atoms with van der Waals surface area (Å²) in [6.45, 7) is 0. The van der Waals surface area contributed by atoms with Gasteiger partial charge in [0, 0.05) is 17.8 Å². The Morgan fingerprint density at radius 1 is 1.15 bits per heavy atom. The number of ketones is 1. The van der Waals surface area contributed by atoms with E-state index < -0.39 is 0 Å². The highest BCUT2D eigenvalue weighted by atomic mass is 79.9. The van der Waals surface area contributed by atoms with Crippen LogP contribution in [0.2, 0.25) is 0 Å².